The van der Waals surface area contributed by atoms with E-state index in [9.17, 15) is 4.79 Å². The Labute approximate surface area is 120 Å². The predicted molar refractivity (Wildman–Crippen MR) is 80.9 cm³/mol. The molecule has 5 heteroatoms. The topological polar surface area (TPSA) is 73.6 Å². The Bertz CT molecular complexity index is 447. The van der Waals surface area contributed by atoms with Crippen LogP contribution in [0.2, 0.25) is 0 Å². The largest absolute Gasteiger partial charge is 0.497 e. The van der Waals surface area contributed by atoms with Gasteiger partial charge in [-0.25, -0.2) is 0 Å². The molecule has 20 heavy (non-hydrogen) atoms. The molecule has 0 spiro atoms. The number of anilines is 2. The van der Waals surface area contributed by atoms with Crippen LogP contribution in [0, 0.1) is 5.92 Å². The summed E-state index contributed by atoms with van der Waals surface area (Å²) >= 11 is 0. The summed E-state index contributed by atoms with van der Waals surface area (Å²) in [4.78, 5) is 11.8. The number of methoxy groups -OCH3 is 1. The van der Waals surface area contributed by atoms with E-state index < -0.39 is 0 Å². The van der Waals surface area contributed by atoms with Crippen molar-refractivity contribution in [1.29, 1.82) is 0 Å². The van der Waals surface area contributed by atoms with Gasteiger partial charge in [-0.3, -0.25) is 4.79 Å². The van der Waals surface area contributed by atoms with Crippen molar-refractivity contribution in [1.82, 2.24) is 0 Å². The Morgan fingerprint density at radius 1 is 1.35 bits per heavy atom. The molecule has 1 aromatic carbocycles. The molecule has 1 aromatic rings. The molecule has 1 amide bonds. The zero-order valence-corrected chi connectivity index (χ0v) is 12.6. The lowest BCUT2D eigenvalue weighted by molar-refractivity contribution is -0.117. The molecule has 0 aromatic heterocycles. The van der Waals surface area contributed by atoms with Gasteiger partial charge >= 0.3 is 0 Å². The van der Waals surface area contributed by atoms with Crippen molar-refractivity contribution in [2.24, 2.45) is 5.92 Å². The maximum absolute atomic E-state index is 11.8. The Kier molecular flexibility index (Phi) is 6.31. The molecular weight excluding hydrogens is 256 g/mol. The average Bonchev–Trinajstić information content (AvgIpc) is 2.40. The van der Waals surface area contributed by atoms with E-state index in [1.807, 2.05) is 6.92 Å². The SMILES string of the molecule is COc1ccc(NC(=O)CCOC(C)C(C)C)c(N)c1. The van der Waals surface area contributed by atoms with Gasteiger partial charge in [0.25, 0.3) is 0 Å². The van der Waals surface area contributed by atoms with Crippen molar-refractivity contribution in [2.75, 3.05) is 24.8 Å². The highest BCUT2D eigenvalue weighted by Gasteiger charge is 2.10. The molecule has 1 unspecified atom stereocenters. The van der Waals surface area contributed by atoms with Gasteiger partial charge in [-0.2, -0.15) is 0 Å². The second-order valence-electron chi connectivity index (χ2n) is 5.07. The maximum Gasteiger partial charge on any atom is 0.226 e. The maximum atomic E-state index is 11.8. The van der Waals surface area contributed by atoms with Crippen LogP contribution in [-0.2, 0) is 9.53 Å². The fourth-order valence-corrected chi connectivity index (χ4v) is 1.52. The number of hydrogen-bond donors (Lipinski definition) is 2. The number of benzene rings is 1. The van der Waals surface area contributed by atoms with E-state index in [2.05, 4.69) is 19.2 Å². The first-order valence-electron chi connectivity index (χ1n) is 6.79. The number of nitrogens with two attached hydrogens (primary N) is 1. The number of hydrogen-bond acceptors (Lipinski definition) is 4. The van der Waals surface area contributed by atoms with Crippen LogP contribution >= 0.6 is 0 Å². The van der Waals surface area contributed by atoms with E-state index in [1.165, 1.54) is 0 Å². The molecule has 1 rings (SSSR count). The van der Waals surface area contributed by atoms with Crippen LogP contribution in [0.25, 0.3) is 0 Å². The third kappa shape index (κ3) is 5.09. The molecule has 5 nitrogen and oxygen atoms in total. The third-order valence-electron chi connectivity index (χ3n) is 3.18. The highest BCUT2D eigenvalue weighted by atomic mass is 16.5. The molecule has 0 heterocycles. The summed E-state index contributed by atoms with van der Waals surface area (Å²) in [5, 5.41) is 2.76. The summed E-state index contributed by atoms with van der Waals surface area (Å²) in [5.41, 5.74) is 6.91. The molecule has 0 bridgehead atoms. The van der Waals surface area contributed by atoms with Crippen molar-refractivity contribution < 1.29 is 14.3 Å². The Morgan fingerprint density at radius 3 is 2.60 bits per heavy atom. The first-order valence-corrected chi connectivity index (χ1v) is 6.79. The molecule has 0 aliphatic heterocycles. The normalized spacial score (nSPS) is 12.2. The van der Waals surface area contributed by atoms with Gasteiger partial charge in [0.2, 0.25) is 5.91 Å². The van der Waals surface area contributed by atoms with E-state index in [0.717, 1.165) is 0 Å². The first kappa shape index (κ1) is 16.3. The number of amides is 1. The molecular formula is C15H24N2O3. The minimum atomic E-state index is -0.113. The number of nitrogens with one attached hydrogen (secondary N) is 1. The second kappa shape index (κ2) is 7.75. The lowest BCUT2D eigenvalue weighted by Crippen LogP contribution is -2.20. The van der Waals surface area contributed by atoms with Gasteiger partial charge in [-0.1, -0.05) is 13.8 Å². The quantitative estimate of drug-likeness (QED) is 0.753. The third-order valence-corrected chi connectivity index (χ3v) is 3.18. The highest BCUT2D eigenvalue weighted by molar-refractivity contribution is 5.94. The lowest BCUT2D eigenvalue weighted by Gasteiger charge is -2.16. The van der Waals surface area contributed by atoms with Gasteiger partial charge in [-0.05, 0) is 25.0 Å². The summed E-state index contributed by atoms with van der Waals surface area (Å²) in [6.07, 6.45) is 0.455. The van der Waals surface area contributed by atoms with Gasteiger partial charge in [0, 0.05) is 6.07 Å². The van der Waals surface area contributed by atoms with Crippen LogP contribution in [0.5, 0.6) is 5.75 Å². The summed E-state index contributed by atoms with van der Waals surface area (Å²) in [6, 6.07) is 5.15. The minimum Gasteiger partial charge on any atom is -0.497 e. The van der Waals surface area contributed by atoms with E-state index in [4.69, 9.17) is 15.2 Å². The predicted octanol–water partition coefficient (Wildman–Crippen LogP) is 2.67. The number of ether oxygens (including phenoxy) is 2. The molecule has 0 radical (unpaired) electrons. The summed E-state index contributed by atoms with van der Waals surface area (Å²) in [6.45, 7) is 6.58. The van der Waals surface area contributed by atoms with E-state index in [0.29, 0.717) is 36.1 Å². The smallest absolute Gasteiger partial charge is 0.226 e. The van der Waals surface area contributed by atoms with Gasteiger partial charge < -0.3 is 20.5 Å². The van der Waals surface area contributed by atoms with Crippen LogP contribution in [-0.4, -0.2) is 25.7 Å². The summed E-state index contributed by atoms with van der Waals surface area (Å²) < 4.78 is 10.6. The first-order chi connectivity index (χ1) is 9.43. The van der Waals surface area contributed by atoms with Gasteiger partial charge in [0.1, 0.15) is 5.75 Å². The monoisotopic (exact) mass is 280 g/mol. The van der Waals surface area contributed by atoms with E-state index >= 15 is 0 Å². The van der Waals surface area contributed by atoms with Crippen LogP contribution in [0.1, 0.15) is 27.2 Å². The molecule has 3 N–H and O–H groups in total. The Hall–Kier alpha value is -1.75. The van der Waals surface area contributed by atoms with Gasteiger partial charge in [0.15, 0.2) is 0 Å². The summed E-state index contributed by atoms with van der Waals surface area (Å²) in [7, 11) is 1.57. The zero-order chi connectivity index (χ0) is 15.1. The van der Waals surface area contributed by atoms with E-state index in [-0.39, 0.29) is 12.0 Å². The zero-order valence-electron chi connectivity index (χ0n) is 12.6. The molecule has 0 aliphatic carbocycles. The average molecular weight is 280 g/mol. The van der Waals surface area contributed by atoms with Crippen molar-refractivity contribution in [2.45, 2.75) is 33.3 Å². The molecule has 0 saturated heterocycles. The Morgan fingerprint density at radius 2 is 2.05 bits per heavy atom. The molecule has 0 fully saturated rings. The molecule has 0 saturated carbocycles. The van der Waals surface area contributed by atoms with Crippen molar-refractivity contribution in [3.63, 3.8) is 0 Å². The van der Waals surface area contributed by atoms with Gasteiger partial charge in [0.05, 0.1) is 37.6 Å². The van der Waals surface area contributed by atoms with Crippen LogP contribution in [0.3, 0.4) is 0 Å². The molecule has 112 valence electrons. The summed E-state index contributed by atoms with van der Waals surface area (Å²) in [5.74, 6) is 0.989. The fourth-order valence-electron chi connectivity index (χ4n) is 1.52. The number of rotatable bonds is 7. The highest BCUT2D eigenvalue weighted by Crippen LogP contribution is 2.24. The fraction of sp³-hybridized carbons (Fsp3) is 0.533. The van der Waals surface area contributed by atoms with Gasteiger partial charge in [-0.15, -0.1) is 0 Å². The standard InChI is InChI=1S/C15H24N2O3/c1-10(2)11(3)20-8-7-15(18)17-14-6-5-12(19-4)9-13(14)16/h5-6,9-11H,7-8,16H2,1-4H3,(H,17,18). The second-order valence-corrected chi connectivity index (χ2v) is 5.07. The van der Waals surface area contributed by atoms with Crippen molar-refractivity contribution >= 4 is 17.3 Å². The number of carbonyl (C=O) groups is 1. The number of nitrogen functional groups attached to an aromatic ring is 1. The van der Waals surface area contributed by atoms with Crippen LogP contribution in [0.15, 0.2) is 18.2 Å². The molecule has 0 aliphatic rings. The minimum absolute atomic E-state index is 0.113. The number of carbonyl (C=O) groups excluding carboxylic acids is 1. The lowest BCUT2D eigenvalue weighted by atomic mass is 10.1. The van der Waals surface area contributed by atoms with E-state index in [1.54, 1.807) is 25.3 Å². The Balaban J connectivity index is 2.43. The van der Waals surface area contributed by atoms with Crippen LogP contribution in [0.4, 0.5) is 11.4 Å². The van der Waals surface area contributed by atoms with Crippen molar-refractivity contribution in [3.05, 3.63) is 18.2 Å². The van der Waals surface area contributed by atoms with Crippen molar-refractivity contribution in [3.8, 4) is 5.75 Å². The van der Waals surface area contributed by atoms with Crippen LogP contribution < -0.4 is 15.8 Å². The molecule has 1 atom stereocenters.